The van der Waals surface area contributed by atoms with Gasteiger partial charge < -0.3 is 19.7 Å². The Morgan fingerprint density at radius 2 is 2.04 bits per heavy atom. The number of piperidine rings is 1. The van der Waals surface area contributed by atoms with E-state index in [1.54, 1.807) is 31.5 Å². The van der Waals surface area contributed by atoms with Crippen LogP contribution in [0.15, 0.2) is 30.0 Å². The summed E-state index contributed by atoms with van der Waals surface area (Å²) in [5.74, 6) is 1.34. The molecule has 1 saturated heterocycles. The average molecular weight is 329 g/mol. The van der Waals surface area contributed by atoms with Crippen molar-refractivity contribution >= 4 is 11.6 Å². The smallest absolute Gasteiger partial charge is 0.267 e. The Balaban J connectivity index is 2.13. The van der Waals surface area contributed by atoms with Crippen molar-refractivity contribution in [1.29, 1.82) is 5.26 Å². The number of rotatable bonds is 5. The van der Waals surface area contributed by atoms with Gasteiger partial charge >= 0.3 is 0 Å². The molecule has 24 heavy (non-hydrogen) atoms. The van der Waals surface area contributed by atoms with Crippen LogP contribution in [0.4, 0.5) is 5.69 Å². The first-order valence-electron chi connectivity index (χ1n) is 7.96. The minimum atomic E-state index is -0.456. The fraction of sp³-hybridized carbons (Fsp3) is 0.444. The molecule has 0 bridgehead atoms. The number of hydrogen-bond donors (Lipinski definition) is 1. The van der Waals surface area contributed by atoms with Gasteiger partial charge in [0.25, 0.3) is 5.91 Å². The SMILES string of the molecule is COc1ccc(OC)c(NC(=O)/C(C#N)=C\N2CCC(C)CC2)c1. The zero-order valence-corrected chi connectivity index (χ0v) is 14.3. The van der Waals surface area contributed by atoms with E-state index in [1.807, 2.05) is 11.0 Å². The van der Waals surface area contributed by atoms with E-state index in [9.17, 15) is 10.1 Å². The van der Waals surface area contributed by atoms with Crippen molar-refractivity contribution in [2.24, 2.45) is 5.92 Å². The number of carbonyl (C=O) groups excluding carboxylic acids is 1. The van der Waals surface area contributed by atoms with E-state index >= 15 is 0 Å². The minimum absolute atomic E-state index is 0.0782. The molecule has 1 aromatic carbocycles. The molecule has 6 heteroatoms. The van der Waals surface area contributed by atoms with Gasteiger partial charge in [0.2, 0.25) is 0 Å². The van der Waals surface area contributed by atoms with E-state index in [4.69, 9.17) is 9.47 Å². The van der Waals surface area contributed by atoms with Crippen LogP contribution in [0.25, 0.3) is 0 Å². The Morgan fingerprint density at radius 1 is 1.33 bits per heavy atom. The van der Waals surface area contributed by atoms with E-state index in [1.165, 1.54) is 7.11 Å². The molecule has 1 N–H and O–H groups in total. The highest BCUT2D eigenvalue weighted by Crippen LogP contribution is 2.29. The molecule has 1 aliphatic heterocycles. The molecule has 1 aliphatic rings. The number of methoxy groups -OCH3 is 2. The highest BCUT2D eigenvalue weighted by atomic mass is 16.5. The first kappa shape index (κ1) is 17.7. The average Bonchev–Trinajstić information content (AvgIpc) is 2.61. The minimum Gasteiger partial charge on any atom is -0.497 e. The number of nitrogens with zero attached hydrogens (tertiary/aromatic N) is 2. The molecule has 0 aliphatic carbocycles. The fourth-order valence-electron chi connectivity index (χ4n) is 2.58. The Bertz CT molecular complexity index is 656. The normalized spacial score (nSPS) is 15.6. The molecule has 1 aromatic rings. The van der Waals surface area contributed by atoms with Crippen molar-refractivity contribution in [2.75, 3.05) is 32.6 Å². The van der Waals surface area contributed by atoms with Gasteiger partial charge in [-0.05, 0) is 30.9 Å². The number of benzene rings is 1. The van der Waals surface area contributed by atoms with Gasteiger partial charge in [0.15, 0.2) is 0 Å². The summed E-state index contributed by atoms with van der Waals surface area (Å²) in [6.07, 6.45) is 3.79. The fourth-order valence-corrected chi connectivity index (χ4v) is 2.58. The van der Waals surface area contributed by atoms with Crippen LogP contribution in [-0.4, -0.2) is 38.1 Å². The number of ether oxygens (including phenoxy) is 2. The summed E-state index contributed by atoms with van der Waals surface area (Å²) in [7, 11) is 3.07. The van der Waals surface area contributed by atoms with Gasteiger partial charge in [-0.2, -0.15) is 5.26 Å². The van der Waals surface area contributed by atoms with Gasteiger partial charge in [0, 0.05) is 25.4 Å². The van der Waals surface area contributed by atoms with Crippen molar-refractivity contribution in [3.05, 3.63) is 30.0 Å². The quantitative estimate of drug-likeness (QED) is 0.664. The van der Waals surface area contributed by atoms with Crippen molar-refractivity contribution in [1.82, 2.24) is 4.90 Å². The summed E-state index contributed by atoms with van der Waals surface area (Å²) in [4.78, 5) is 14.5. The predicted octanol–water partition coefficient (Wildman–Crippen LogP) is 2.78. The molecular formula is C18H23N3O3. The van der Waals surface area contributed by atoms with E-state index in [2.05, 4.69) is 12.2 Å². The Labute approximate surface area is 142 Å². The topological polar surface area (TPSA) is 74.6 Å². The third-order valence-electron chi connectivity index (χ3n) is 4.15. The van der Waals surface area contributed by atoms with Gasteiger partial charge in [0.05, 0.1) is 19.9 Å². The predicted molar refractivity (Wildman–Crippen MR) is 91.8 cm³/mol. The van der Waals surface area contributed by atoms with Crippen LogP contribution in [0.2, 0.25) is 0 Å². The van der Waals surface area contributed by atoms with E-state index < -0.39 is 5.91 Å². The summed E-state index contributed by atoms with van der Waals surface area (Å²) >= 11 is 0. The van der Waals surface area contributed by atoms with Crippen LogP contribution < -0.4 is 14.8 Å². The van der Waals surface area contributed by atoms with Crippen molar-refractivity contribution in [3.8, 4) is 17.6 Å². The number of carbonyl (C=O) groups is 1. The molecule has 0 saturated carbocycles. The van der Waals surface area contributed by atoms with Gasteiger partial charge in [-0.15, -0.1) is 0 Å². The third-order valence-corrected chi connectivity index (χ3v) is 4.15. The maximum absolute atomic E-state index is 12.4. The number of likely N-dealkylation sites (tertiary alicyclic amines) is 1. The largest absolute Gasteiger partial charge is 0.497 e. The zero-order chi connectivity index (χ0) is 17.5. The van der Waals surface area contributed by atoms with Gasteiger partial charge in [-0.3, -0.25) is 4.79 Å². The van der Waals surface area contributed by atoms with Crippen molar-refractivity contribution in [3.63, 3.8) is 0 Å². The molecule has 1 amide bonds. The number of nitriles is 1. The Morgan fingerprint density at radius 3 is 2.62 bits per heavy atom. The Kier molecular flexibility index (Phi) is 6.07. The molecule has 0 atom stereocenters. The second-order valence-electron chi connectivity index (χ2n) is 5.89. The highest BCUT2D eigenvalue weighted by molar-refractivity contribution is 6.07. The molecule has 1 fully saturated rings. The molecule has 128 valence electrons. The molecule has 0 unspecified atom stereocenters. The lowest BCUT2D eigenvalue weighted by atomic mass is 9.99. The van der Waals surface area contributed by atoms with Crippen LogP contribution in [0.5, 0.6) is 11.5 Å². The number of anilines is 1. The van der Waals surface area contributed by atoms with Gasteiger partial charge in [0.1, 0.15) is 23.1 Å². The first-order valence-corrected chi connectivity index (χ1v) is 7.96. The van der Waals surface area contributed by atoms with Gasteiger partial charge in [-0.1, -0.05) is 6.92 Å². The van der Waals surface area contributed by atoms with E-state index in [0.29, 0.717) is 23.1 Å². The van der Waals surface area contributed by atoms with Crippen LogP contribution in [-0.2, 0) is 4.79 Å². The van der Waals surface area contributed by atoms with E-state index in [0.717, 1.165) is 25.9 Å². The van der Waals surface area contributed by atoms with Crippen molar-refractivity contribution < 1.29 is 14.3 Å². The lowest BCUT2D eigenvalue weighted by Gasteiger charge is -2.29. The highest BCUT2D eigenvalue weighted by Gasteiger charge is 2.17. The van der Waals surface area contributed by atoms with Crippen molar-refractivity contribution in [2.45, 2.75) is 19.8 Å². The molecule has 2 rings (SSSR count). The molecule has 6 nitrogen and oxygen atoms in total. The summed E-state index contributed by atoms with van der Waals surface area (Å²) in [5, 5.41) is 12.0. The summed E-state index contributed by atoms with van der Waals surface area (Å²) < 4.78 is 10.4. The molecule has 0 aromatic heterocycles. The maximum Gasteiger partial charge on any atom is 0.267 e. The molecule has 0 spiro atoms. The Hall–Kier alpha value is -2.68. The number of amides is 1. The first-order chi connectivity index (χ1) is 11.6. The zero-order valence-electron chi connectivity index (χ0n) is 14.3. The maximum atomic E-state index is 12.4. The molecular weight excluding hydrogens is 306 g/mol. The molecule has 1 heterocycles. The summed E-state index contributed by atoms with van der Waals surface area (Å²) in [6.45, 7) is 3.94. The van der Waals surface area contributed by atoms with E-state index in [-0.39, 0.29) is 5.57 Å². The second-order valence-corrected chi connectivity index (χ2v) is 5.89. The third kappa shape index (κ3) is 4.42. The van der Waals surface area contributed by atoms with Crippen LogP contribution >= 0.6 is 0 Å². The number of nitrogens with one attached hydrogen (secondary N) is 1. The van der Waals surface area contributed by atoms with Crippen LogP contribution in [0, 0.1) is 17.2 Å². The summed E-state index contributed by atoms with van der Waals surface area (Å²) in [6, 6.07) is 7.09. The monoisotopic (exact) mass is 329 g/mol. The second kappa shape index (κ2) is 8.25. The lowest BCUT2D eigenvalue weighted by molar-refractivity contribution is -0.112. The number of hydrogen-bond acceptors (Lipinski definition) is 5. The standard InChI is InChI=1S/C18H23N3O3/c1-13-6-8-21(9-7-13)12-14(11-19)18(22)20-16-10-15(23-2)4-5-17(16)24-3/h4-5,10,12-13H,6-9H2,1-3H3,(H,20,22)/b14-12-. The van der Waals surface area contributed by atoms with Gasteiger partial charge in [-0.25, -0.2) is 0 Å². The molecule has 0 radical (unpaired) electrons. The van der Waals surface area contributed by atoms with Crippen LogP contribution in [0.1, 0.15) is 19.8 Å². The summed E-state index contributed by atoms with van der Waals surface area (Å²) in [5.41, 5.74) is 0.546. The lowest BCUT2D eigenvalue weighted by Crippen LogP contribution is -2.29. The van der Waals surface area contributed by atoms with Crippen LogP contribution in [0.3, 0.4) is 0 Å².